The van der Waals surface area contributed by atoms with Crippen molar-refractivity contribution in [3.63, 3.8) is 0 Å². The fourth-order valence-corrected chi connectivity index (χ4v) is 3.41. The Morgan fingerprint density at radius 1 is 1.04 bits per heavy atom. The van der Waals surface area contributed by atoms with Gasteiger partial charge in [-0.1, -0.05) is 73.0 Å². The van der Waals surface area contributed by atoms with Crippen LogP contribution in [0.3, 0.4) is 0 Å². The Hall–Kier alpha value is -2.68. The normalized spacial score (nSPS) is 11.0. The molecule has 3 aromatic rings. The van der Waals surface area contributed by atoms with Crippen LogP contribution in [0.1, 0.15) is 55.7 Å². The first-order chi connectivity index (χ1) is 13.0. The summed E-state index contributed by atoms with van der Waals surface area (Å²) in [6.45, 7) is 12.4. The lowest BCUT2D eigenvalue weighted by Crippen LogP contribution is -1.95. The summed E-state index contributed by atoms with van der Waals surface area (Å²) in [4.78, 5) is 4.48. The van der Waals surface area contributed by atoms with Crippen LogP contribution in [0.4, 0.5) is 0 Å². The van der Waals surface area contributed by atoms with Crippen LogP contribution in [-0.4, -0.2) is 10.1 Å². The Morgan fingerprint density at radius 3 is 2.52 bits per heavy atom. The van der Waals surface area contributed by atoms with Crippen molar-refractivity contribution in [2.45, 2.75) is 53.4 Å². The van der Waals surface area contributed by atoms with Crippen LogP contribution < -0.4 is 0 Å². The van der Waals surface area contributed by atoms with E-state index in [9.17, 15) is 0 Å². The van der Waals surface area contributed by atoms with Gasteiger partial charge in [-0.15, -0.1) is 0 Å². The SMILES string of the molecule is C=C(C)c1ccc(C)cc1-c1ccc(CCCCC)c(-c2noc(C)n2)c1. The molecule has 27 heavy (non-hydrogen) atoms. The molecule has 0 aliphatic heterocycles. The Labute approximate surface area is 162 Å². The van der Waals surface area contributed by atoms with Gasteiger partial charge in [0.2, 0.25) is 11.7 Å². The van der Waals surface area contributed by atoms with Crippen molar-refractivity contribution < 1.29 is 4.52 Å². The third kappa shape index (κ3) is 4.36. The second-order valence-electron chi connectivity index (χ2n) is 7.30. The van der Waals surface area contributed by atoms with Gasteiger partial charge in [-0.2, -0.15) is 4.98 Å². The Morgan fingerprint density at radius 2 is 1.85 bits per heavy atom. The van der Waals surface area contributed by atoms with Crippen molar-refractivity contribution in [1.29, 1.82) is 0 Å². The van der Waals surface area contributed by atoms with Crippen molar-refractivity contribution in [3.05, 3.63) is 65.6 Å². The third-order valence-electron chi connectivity index (χ3n) is 4.87. The molecule has 140 valence electrons. The number of benzene rings is 2. The predicted molar refractivity (Wildman–Crippen MR) is 113 cm³/mol. The molecule has 0 saturated heterocycles. The fraction of sp³-hybridized carbons (Fsp3) is 0.333. The van der Waals surface area contributed by atoms with Crippen molar-refractivity contribution in [2.24, 2.45) is 0 Å². The van der Waals surface area contributed by atoms with Crippen LogP contribution in [0.25, 0.3) is 28.1 Å². The Kier molecular flexibility index (Phi) is 5.90. The van der Waals surface area contributed by atoms with Crippen LogP contribution in [0, 0.1) is 13.8 Å². The number of rotatable bonds is 7. The van der Waals surface area contributed by atoms with Crippen LogP contribution in [-0.2, 0) is 6.42 Å². The van der Waals surface area contributed by atoms with E-state index in [2.05, 4.69) is 73.9 Å². The van der Waals surface area contributed by atoms with Crippen molar-refractivity contribution >= 4 is 5.57 Å². The summed E-state index contributed by atoms with van der Waals surface area (Å²) in [5.41, 5.74) is 8.17. The molecule has 0 amide bonds. The minimum Gasteiger partial charge on any atom is -0.339 e. The molecule has 1 heterocycles. The lowest BCUT2D eigenvalue weighted by Gasteiger charge is -2.14. The number of hydrogen-bond acceptors (Lipinski definition) is 3. The highest BCUT2D eigenvalue weighted by atomic mass is 16.5. The second-order valence-corrected chi connectivity index (χ2v) is 7.30. The zero-order chi connectivity index (χ0) is 19.4. The van der Waals surface area contributed by atoms with Gasteiger partial charge >= 0.3 is 0 Å². The minimum absolute atomic E-state index is 0.591. The average Bonchev–Trinajstić information content (AvgIpc) is 3.08. The smallest absolute Gasteiger partial charge is 0.223 e. The topological polar surface area (TPSA) is 38.9 Å². The lowest BCUT2D eigenvalue weighted by molar-refractivity contribution is 0.394. The maximum Gasteiger partial charge on any atom is 0.223 e. The van der Waals surface area contributed by atoms with E-state index in [0.717, 1.165) is 23.1 Å². The van der Waals surface area contributed by atoms with Crippen LogP contribution in [0.15, 0.2) is 47.5 Å². The largest absolute Gasteiger partial charge is 0.339 e. The van der Waals surface area contributed by atoms with Crippen molar-refractivity contribution in [1.82, 2.24) is 10.1 Å². The molecule has 0 bridgehead atoms. The molecule has 3 rings (SSSR count). The fourth-order valence-electron chi connectivity index (χ4n) is 3.41. The summed E-state index contributed by atoms with van der Waals surface area (Å²) >= 11 is 0. The third-order valence-corrected chi connectivity index (χ3v) is 4.87. The van der Waals surface area contributed by atoms with E-state index < -0.39 is 0 Å². The van der Waals surface area contributed by atoms with E-state index in [-0.39, 0.29) is 0 Å². The van der Waals surface area contributed by atoms with Gasteiger partial charge < -0.3 is 4.52 Å². The highest BCUT2D eigenvalue weighted by Crippen LogP contribution is 2.33. The number of hydrogen-bond donors (Lipinski definition) is 0. The zero-order valence-corrected chi connectivity index (χ0v) is 16.8. The maximum atomic E-state index is 5.25. The highest BCUT2D eigenvalue weighted by Gasteiger charge is 2.14. The van der Waals surface area contributed by atoms with Gasteiger partial charge in [0.05, 0.1) is 0 Å². The molecule has 0 N–H and O–H groups in total. The monoisotopic (exact) mass is 360 g/mol. The molecule has 0 saturated carbocycles. The molecule has 2 aromatic carbocycles. The number of unbranched alkanes of at least 4 members (excludes halogenated alkanes) is 2. The summed E-state index contributed by atoms with van der Waals surface area (Å²) < 4.78 is 5.25. The number of aryl methyl sites for hydroxylation is 3. The molecular formula is C24H28N2O. The molecule has 0 spiro atoms. The quantitative estimate of drug-likeness (QED) is 0.436. The lowest BCUT2D eigenvalue weighted by atomic mass is 9.91. The second kappa shape index (κ2) is 8.34. The first-order valence-electron chi connectivity index (χ1n) is 9.70. The van der Waals surface area contributed by atoms with E-state index in [1.54, 1.807) is 0 Å². The van der Waals surface area contributed by atoms with E-state index in [1.165, 1.54) is 41.5 Å². The van der Waals surface area contributed by atoms with E-state index in [1.807, 2.05) is 6.92 Å². The van der Waals surface area contributed by atoms with Crippen LogP contribution in [0.5, 0.6) is 0 Å². The van der Waals surface area contributed by atoms with E-state index in [0.29, 0.717) is 11.7 Å². The molecule has 0 atom stereocenters. The number of nitrogens with zero attached hydrogens (tertiary/aromatic N) is 2. The number of allylic oxidation sites excluding steroid dienone is 1. The first-order valence-corrected chi connectivity index (χ1v) is 9.70. The molecule has 0 aliphatic carbocycles. The Balaban J connectivity index is 2.11. The molecule has 0 fully saturated rings. The van der Waals surface area contributed by atoms with Crippen LogP contribution >= 0.6 is 0 Å². The molecule has 0 aliphatic rings. The summed E-state index contributed by atoms with van der Waals surface area (Å²) in [6, 6.07) is 13.1. The van der Waals surface area contributed by atoms with Crippen LogP contribution in [0.2, 0.25) is 0 Å². The molecule has 3 heteroatoms. The van der Waals surface area contributed by atoms with E-state index in [4.69, 9.17) is 4.52 Å². The van der Waals surface area contributed by atoms with E-state index >= 15 is 0 Å². The molecule has 1 aromatic heterocycles. The minimum atomic E-state index is 0.591. The first kappa shape index (κ1) is 19.1. The maximum absolute atomic E-state index is 5.25. The van der Waals surface area contributed by atoms with Gasteiger partial charge in [-0.25, -0.2) is 0 Å². The predicted octanol–water partition coefficient (Wildman–Crippen LogP) is 6.79. The van der Waals surface area contributed by atoms with Gasteiger partial charge in [0.25, 0.3) is 0 Å². The van der Waals surface area contributed by atoms with Gasteiger partial charge in [-0.3, -0.25) is 0 Å². The number of aromatic nitrogens is 2. The summed E-state index contributed by atoms with van der Waals surface area (Å²) in [5.74, 6) is 1.26. The van der Waals surface area contributed by atoms with Gasteiger partial charge in [-0.05, 0) is 55.0 Å². The molecule has 0 radical (unpaired) electrons. The van der Waals surface area contributed by atoms with Gasteiger partial charge in [0.1, 0.15) is 0 Å². The van der Waals surface area contributed by atoms with Gasteiger partial charge in [0.15, 0.2) is 0 Å². The molecule has 0 unspecified atom stereocenters. The van der Waals surface area contributed by atoms with Crippen molar-refractivity contribution in [2.75, 3.05) is 0 Å². The molecular weight excluding hydrogens is 332 g/mol. The summed E-state index contributed by atoms with van der Waals surface area (Å²) in [5, 5.41) is 4.18. The zero-order valence-electron chi connectivity index (χ0n) is 16.8. The van der Waals surface area contributed by atoms with Crippen molar-refractivity contribution in [3.8, 4) is 22.5 Å². The summed E-state index contributed by atoms with van der Waals surface area (Å²) in [6.07, 6.45) is 4.63. The highest BCUT2D eigenvalue weighted by molar-refractivity contribution is 5.82. The summed E-state index contributed by atoms with van der Waals surface area (Å²) in [7, 11) is 0. The average molecular weight is 361 g/mol. The molecule has 3 nitrogen and oxygen atoms in total. The standard InChI is InChI=1S/C24H28N2O/c1-6-7-8-9-19-11-12-20(15-23(19)24-25-18(5)27-26-24)22-14-17(4)10-13-21(22)16(2)3/h10-15H,2,6-9H2,1,3-5H3. The van der Waals surface area contributed by atoms with Gasteiger partial charge in [0, 0.05) is 12.5 Å². The Bertz CT molecular complexity index is 953.